The summed E-state index contributed by atoms with van der Waals surface area (Å²) in [5, 5.41) is 0.978. The first kappa shape index (κ1) is 16.5. The number of nitrogens with zero attached hydrogens (tertiary/aromatic N) is 2. The van der Waals surface area contributed by atoms with Crippen molar-refractivity contribution in [3.63, 3.8) is 0 Å². The first-order valence-corrected chi connectivity index (χ1v) is 9.74. The first-order valence-electron chi connectivity index (χ1n) is 8.93. The van der Waals surface area contributed by atoms with Crippen molar-refractivity contribution >= 4 is 39.9 Å². The van der Waals surface area contributed by atoms with E-state index in [4.69, 9.17) is 0 Å². The standard InChI is InChI=1S/C20H22N2O2S/c1-21-13-15(16-9-5-6-10-17(16)21)11-18-19(23)22(20(24)25-18)12-14-7-3-2-4-8-14/h5-6,9-11,13-14H,2-4,7-8,12H2,1H3/b18-11+. The van der Waals surface area contributed by atoms with Crippen molar-refractivity contribution in [1.82, 2.24) is 9.47 Å². The number of aryl methyl sites for hydroxylation is 1. The van der Waals surface area contributed by atoms with Crippen LogP contribution in [-0.4, -0.2) is 27.2 Å². The van der Waals surface area contributed by atoms with E-state index in [9.17, 15) is 9.59 Å². The average Bonchev–Trinajstić information content (AvgIpc) is 3.08. The third-order valence-electron chi connectivity index (χ3n) is 5.25. The lowest BCUT2D eigenvalue weighted by Crippen LogP contribution is -2.34. The number of carbonyl (C=O) groups excluding carboxylic acids is 2. The van der Waals surface area contributed by atoms with Crippen LogP contribution in [0.15, 0.2) is 35.4 Å². The number of benzene rings is 1. The molecule has 2 aromatic rings. The number of hydrogen-bond acceptors (Lipinski definition) is 3. The average molecular weight is 354 g/mol. The molecule has 2 amide bonds. The van der Waals surface area contributed by atoms with Gasteiger partial charge in [-0.3, -0.25) is 14.5 Å². The van der Waals surface area contributed by atoms with Crippen LogP contribution >= 0.6 is 11.8 Å². The molecule has 5 heteroatoms. The molecule has 4 nitrogen and oxygen atoms in total. The number of imide groups is 1. The van der Waals surface area contributed by atoms with Gasteiger partial charge in [-0.25, -0.2) is 0 Å². The third-order valence-corrected chi connectivity index (χ3v) is 6.16. The molecule has 130 valence electrons. The maximum Gasteiger partial charge on any atom is 0.293 e. The van der Waals surface area contributed by atoms with E-state index < -0.39 is 0 Å². The van der Waals surface area contributed by atoms with Crippen molar-refractivity contribution < 1.29 is 9.59 Å². The fourth-order valence-corrected chi connectivity index (χ4v) is 4.75. The van der Waals surface area contributed by atoms with E-state index in [0.717, 1.165) is 41.1 Å². The normalized spacial score (nSPS) is 21.0. The molecule has 4 rings (SSSR count). The molecule has 1 aromatic heterocycles. The van der Waals surface area contributed by atoms with Crippen LogP contribution in [0.2, 0.25) is 0 Å². The van der Waals surface area contributed by atoms with E-state index >= 15 is 0 Å². The van der Waals surface area contributed by atoms with Crippen LogP contribution in [0.5, 0.6) is 0 Å². The lowest BCUT2D eigenvalue weighted by atomic mass is 9.89. The highest BCUT2D eigenvalue weighted by atomic mass is 32.2. The Morgan fingerprint density at radius 2 is 1.92 bits per heavy atom. The van der Waals surface area contributed by atoms with E-state index in [1.807, 2.05) is 42.1 Å². The summed E-state index contributed by atoms with van der Waals surface area (Å²) in [4.78, 5) is 27.1. The van der Waals surface area contributed by atoms with E-state index in [-0.39, 0.29) is 11.1 Å². The maximum atomic E-state index is 12.7. The lowest BCUT2D eigenvalue weighted by Gasteiger charge is -2.25. The van der Waals surface area contributed by atoms with Gasteiger partial charge in [0.1, 0.15) is 0 Å². The van der Waals surface area contributed by atoms with Crippen molar-refractivity contribution in [2.45, 2.75) is 32.1 Å². The molecule has 0 spiro atoms. The highest BCUT2D eigenvalue weighted by molar-refractivity contribution is 8.18. The molecule has 0 bridgehead atoms. The van der Waals surface area contributed by atoms with Gasteiger partial charge in [0, 0.05) is 36.3 Å². The predicted octanol–water partition coefficient (Wildman–Crippen LogP) is 4.79. The summed E-state index contributed by atoms with van der Waals surface area (Å²) in [6.45, 7) is 0.581. The highest BCUT2D eigenvalue weighted by Gasteiger charge is 2.36. The molecule has 1 aromatic carbocycles. The van der Waals surface area contributed by atoms with Gasteiger partial charge in [0.05, 0.1) is 4.91 Å². The van der Waals surface area contributed by atoms with Gasteiger partial charge in [-0.15, -0.1) is 0 Å². The summed E-state index contributed by atoms with van der Waals surface area (Å²) >= 11 is 1.07. The van der Waals surface area contributed by atoms with Crippen molar-refractivity contribution in [2.24, 2.45) is 13.0 Å². The molecule has 2 heterocycles. The van der Waals surface area contributed by atoms with Gasteiger partial charge in [-0.1, -0.05) is 37.5 Å². The number of thioether (sulfide) groups is 1. The Kier molecular flexibility index (Phi) is 4.42. The quantitative estimate of drug-likeness (QED) is 0.744. The first-order chi connectivity index (χ1) is 12.1. The van der Waals surface area contributed by atoms with Gasteiger partial charge in [-0.05, 0) is 42.7 Å². The molecule has 1 saturated heterocycles. The fourth-order valence-electron chi connectivity index (χ4n) is 3.91. The SMILES string of the molecule is Cn1cc(/C=C2/SC(=O)N(CC3CCCCC3)C2=O)c2ccccc21. The van der Waals surface area contributed by atoms with Crippen LogP contribution in [0, 0.1) is 5.92 Å². The number of rotatable bonds is 3. The van der Waals surface area contributed by atoms with Crippen molar-refractivity contribution in [3.05, 3.63) is 40.9 Å². The number of aromatic nitrogens is 1. The Morgan fingerprint density at radius 3 is 2.72 bits per heavy atom. The number of amides is 2. The smallest absolute Gasteiger partial charge is 0.293 e. The number of para-hydroxylation sites is 1. The molecule has 2 fully saturated rings. The van der Waals surface area contributed by atoms with Gasteiger partial charge in [0.2, 0.25) is 0 Å². The zero-order valence-corrected chi connectivity index (χ0v) is 15.2. The van der Waals surface area contributed by atoms with Crippen LogP contribution in [0.25, 0.3) is 17.0 Å². The summed E-state index contributed by atoms with van der Waals surface area (Å²) in [7, 11) is 1.99. The molecule has 1 saturated carbocycles. The lowest BCUT2D eigenvalue weighted by molar-refractivity contribution is -0.123. The molecule has 0 N–H and O–H groups in total. The van der Waals surface area contributed by atoms with Gasteiger partial charge >= 0.3 is 0 Å². The molecule has 25 heavy (non-hydrogen) atoms. The maximum absolute atomic E-state index is 12.7. The van der Waals surface area contributed by atoms with Crippen molar-refractivity contribution in [3.8, 4) is 0 Å². The summed E-state index contributed by atoms with van der Waals surface area (Å²) in [6, 6.07) is 8.10. The van der Waals surface area contributed by atoms with Crippen LogP contribution < -0.4 is 0 Å². The topological polar surface area (TPSA) is 42.3 Å². The number of carbonyl (C=O) groups is 2. The summed E-state index contributed by atoms with van der Waals surface area (Å²) < 4.78 is 2.05. The molecule has 2 aliphatic rings. The van der Waals surface area contributed by atoms with E-state index in [0.29, 0.717) is 17.4 Å². The summed E-state index contributed by atoms with van der Waals surface area (Å²) in [5.41, 5.74) is 2.11. The monoisotopic (exact) mass is 354 g/mol. The zero-order valence-electron chi connectivity index (χ0n) is 14.4. The molecule has 0 radical (unpaired) electrons. The Bertz CT molecular complexity index is 862. The summed E-state index contributed by atoms with van der Waals surface area (Å²) in [6.07, 6.45) is 9.85. The molecular weight excluding hydrogens is 332 g/mol. The van der Waals surface area contributed by atoms with Crippen LogP contribution in [0.4, 0.5) is 4.79 Å². The van der Waals surface area contributed by atoms with Crippen molar-refractivity contribution in [2.75, 3.05) is 6.54 Å². The van der Waals surface area contributed by atoms with Gasteiger partial charge in [0.25, 0.3) is 11.1 Å². The minimum absolute atomic E-state index is 0.123. The second-order valence-corrected chi connectivity index (χ2v) is 8.00. The zero-order chi connectivity index (χ0) is 17.4. The number of fused-ring (bicyclic) bond motifs is 1. The second-order valence-electron chi connectivity index (χ2n) is 7.01. The van der Waals surface area contributed by atoms with E-state index in [2.05, 4.69) is 6.07 Å². The number of hydrogen-bond donors (Lipinski definition) is 0. The highest BCUT2D eigenvalue weighted by Crippen LogP contribution is 2.36. The predicted molar refractivity (Wildman–Crippen MR) is 102 cm³/mol. The van der Waals surface area contributed by atoms with Crippen LogP contribution in [0.1, 0.15) is 37.7 Å². The van der Waals surface area contributed by atoms with E-state index in [1.165, 1.54) is 24.2 Å². The Balaban J connectivity index is 1.59. The molecule has 1 aliphatic carbocycles. The minimum Gasteiger partial charge on any atom is -0.350 e. The molecule has 0 atom stereocenters. The fraction of sp³-hybridized carbons (Fsp3) is 0.400. The van der Waals surface area contributed by atoms with Crippen molar-refractivity contribution in [1.29, 1.82) is 0 Å². The van der Waals surface area contributed by atoms with Gasteiger partial charge < -0.3 is 4.57 Å². The van der Waals surface area contributed by atoms with Crippen LogP contribution in [0.3, 0.4) is 0 Å². The van der Waals surface area contributed by atoms with Gasteiger partial charge in [0.15, 0.2) is 0 Å². The Hall–Kier alpha value is -2.01. The van der Waals surface area contributed by atoms with E-state index in [1.54, 1.807) is 0 Å². The molecular formula is C20H22N2O2S. The Labute approximate surface area is 151 Å². The second kappa shape index (κ2) is 6.71. The Morgan fingerprint density at radius 1 is 1.16 bits per heavy atom. The molecule has 0 unspecified atom stereocenters. The molecule has 1 aliphatic heterocycles. The largest absolute Gasteiger partial charge is 0.350 e. The third kappa shape index (κ3) is 3.13. The minimum atomic E-state index is -0.131. The van der Waals surface area contributed by atoms with Crippen LogP contribution in [-0.2, 0) is 11.8 Å². The van der Waals surface area contributed by atoms with Gasteiger partial charge in [-0.2, -0.15) is 0 Å². The summed E-state index contributed by atoms with van der Waals surface area (Å²) in [5.74, 6) is 0.340.